The molecule has 1 aliphatic rings. The monoisotopic (exact) mass is 276 g/mol. The van der Waals surface area contributed by atoms with Crippen LogP contribution >= 0.6 is 0 Å². The molecule has 1 aliphatic heterocycles. The Kier molecular flexibility index (Phi) is 5.15. The maximum Gasteiger partial charge on any atom is 0.325 e. The predicted molar refractivity (Wildman–Crippen MR) is 79.8 cm³/mol. The zero-order chi connectivity index (χ0) is 14.5. The van der Waals surface area contributed by atoms with Gasteiger partial charge in [-0.2, -0.15) is 0 Å². The average Bonchev–Trinajstić information content (AvgIpc) is 2.41. The maximum atomic E-state index is 11.6. The first-order valence-corrected chi connectivity index (χ1v) is 7.34. The molecule has 0 aliphatic carbocycles. The Hall–Kier alpha value is -1.39. The van der Waals surface area contributed by atoms with Gasteiger partial charge in [0.2, 0.25) is 0 Å². The van der Waals surface area contributed by atoms with Gasteiger partial charge in [-0.15, -0.1) is 0 Å². The first-order chi connectivity index (χ1) is 9.58. The fourth-order valence-electron chi connectivity index (χ4n) is 2.76. The van der Waals surface area contributed by atoms with E-state index in [1.807, 2.05) is 17.0 Å². The molecule has 1 unspecified atom stereocenters. The van der Waals surface area contributed by atoms with Crippen LogP contribution in [0.25, 0.3) is 0 Å². The first-order valence-electron chi connectivity index (χ1n) is 7.34. The number of carbonyl (C=O) groups is 1. The molecule has 1 saturated heterocycles. The van der Waals surface area contributed by atoms with E-state index in [4.69, 9.17) is 0 Å². The van der Waals surface area contributed by atoms with E-state index in [9.17, 15) is 9.90 Å². The standard InChI is InChI=1S/C16H24N2O2/c1-12(2)11-13-3-5-14(6-4-13)15(16(19)20)18-9-7-17-8-10-18/h3-6,12,15,17H,7-11H2,1-2H3,(H,19,20). The average molecular weight is 276 g/mol. The van der Waals surface area contributed by atoms with E-state index in [0.29, 0.717) is 5.92 Å². The van der Waals surface area contributed by atoms with Crippen molar-refractivity contribution in [2.24, 2.45) is 5.92 Å². The summed E-state index contributed by atoms with van der Waals surface area (Å²) in [4.78, 5) is 13.6. The van der Waals surface area contributed by atoms with E-state index in [1.165, 1.54) is 5.56 Å². The fourth-order valence-corrected chi connectivity index (χ4v) is 2.76. The Bertz CT molecular complexity index is 436. The van der Waals surface area contributed by atoms with Gasteiger partial charge in [-0.3, -0.25) is 9.69 Å². The number of rotatable bonds is 5. The highest BCUT2D eigenvalue weighted by molar-refractivity contribution is 5.75. The molecule has 1 fully saturated rings. The molecule has 4 nitrogen and oxygen atoms in total. The van der Waals surface area contributed by atoms with Crippen LogP contribution in [-0.4, -0.2) is 42.2 Å². The van der Waals surface area contributed by atoms with Gasteiger partial charge in [0, 0.05) is 26.2 Å². The molecular weight excluding hydrogens is 252 g/mol. The summed E-state index contributed by atoms with van der Waals surface area (Å²) in [5.41, 5.74) is 2.15. The fraction of sp³-hybridized carbons (Fsp3) is 0.562. The molecule has 0 aromatic heterocycles. The van der Waals surface area contributed by atoms with Crippen molar-refractivity contribution in [1.29, 1.82) is 0 Å². The zero-order valence-electron chi connectivity index (χ0n) is 12.3. The third kappa shape index (κ3) is 3.81. The van der Waals surface area contributed by atoms with Crippen LogP contribution in [0.1, 0.15) is 31.0 Å². The smallest absolute Gasteiger partial charge is 0.325 e. The van der Waals surface area contributed by atoms with Crippen LogP contribution < -0.4 is 5.32 Å². The molecule has 2 rings (SSSR count). The Labute approximate surface area is 120 Å². The van der Waals surface area contributed by atoms with Crippen LogP contribution in [0.3, 0.4) is 0 Å². The lowest BCUT2D eigenvalue weighted by Crippen LogP contribution is -2.47. The lowest BCUT2D eigenvalue weighted by atomic mass is 9.98. The van der Waals surface area contributed by atoms with E-state index in [1.54, 1.807) is 0 Å². The molecule has 4 heteroatoms. The third-order valence-corrected chi connectivity index (χ3v) is 3.69. The van der Waals surface area contributed by atoms with Crippen molar-refractivity contribution < 1.29 is 9.90 Å². The molecule has 0 spiro atoms. The lowest BCUT2D eigenvalue weighted by Gasteiger charge is -2.32. The molecule has 1 atom stereocenters. The predicted octanol–water partition coefficient (Wildman–Crippen LogP) is 1.92. The molecule has 110 valence electrons. The van der Waals surface area contributed by atoms with Gasteiger partial charge >= 0.3 is 5.97 Å². The van der Waals surface area contributed by atoms with Crippen molar-refractivity contribution in [1.82, 2.24) is 10.2 Å². The Morgan fingerprint density at radius 3 is 2.35 bits per heavy atom. The number of carboxylic acids is 1. The number of aliphatic carboxylic acids is 1. The SMILES string of the molecule is CC(C)Cc1ccc(C(C(=O)O)N2CCNCC2)cc1. The molecule has 1 aromatic rings. The van der Waals surface area contributed by atoms with Gasteiger partial charge in [0.1, 0.15) is 6.04 Å². The van der Waals surface area contributed by atoms with Crippen LogP contribution in [-0.2, 0) is 11.2 Å². The van der Waals surface area contributed by atoms with Crippen molar-refractivity contribution in [3.8, 4) is 0 Å². The van der Waals surface area contributed by atoms with E-state index in [-0.39, 0.29) is 0 Å². The van der Waals surface area contributed by atoms with Crippen molar-refractivity contribution in [3.05, 3.63) is 35.4 Å². The number of piperazine rings is 1. The second-order valence-electron chi connectivity index (χ2n) is 5.87. The van der Waals surface area contributed by atoms with Gasteiger partial charge in [-0.25, -0.2) is 0 Å². The Balaban J connectivity index is 2.14. The van der Waals surface area contributed by atoms with E-state index >= 15 is 0 Å². The second kappa shape index (κ2) is 6.86. The number of carboxylic acid groups (broad SMARTS) is 1. The molecule has 0 bridgehead atoms. The number of benzene rings is 1. The Morgan fingerprint density at radius 1 is 1.25 bits per heavy atom. The van der Waals surface area contributed by atoms with Gasteiger partial charge in [0.15, 0.2) is 0 Å². The van der Waals surface area contributed by atoms with Crippen LogP contribution in [0, 0.1) is 5.92 Å². The van der Waals surface area contributed by atoms with Gasteiger partial charge in [-0.05, 0) is 23.5 Å². The third-order valence-electron chi connectivity index (χ3n) is 3.69. The summed E-state index contributed by atoms with van der Waals surface area (Å²) in [7, 11) is 0. The quantitative estimate of drug-likeness (QED) is 0.862. The van der Waals surface area contributed by atoms with Crippen molar-refractivity contribution in [2.75, 3.05) is 26.2 Å². The summed E-state index contributed by atoms with van der Waals surface area (Å²) in [5.74, 6) is -0.146. The topological polar surface area (TPSA) is 52.6 Å². The molecular formula is C16H24N2O2. The van der Waals surface area contributed by atoms with Crippen LogP contribution in [0.15, 0.2) is 24.3 Å². The summed E-state index contributed by atoms with van der Waals surface area (Å²) < 4.78 is 0. The normalized spacial score (nSPS) is 18.1. The van der Waals surface area contributed by atoms with Crippen molar-refractivity contribution in [2.45, 2.75) is 26.3 Å². The first kappa shape index (κ1) is 15.0. The number of hydrogen-bond donors (Lipinski definition) is 2. The van der Waals surface area contributed by atoms with Gasteiger partial charge in [0.05, 0.1) is 0 Å². The molecule has 0 radical (unpaired) electrons. The summed E-state index contributed by atoms with van der Waals surface area (Å²) in [6, 6.07) is 7.54. The van der Waals surface area contributed by atoms with Crippen molar-refractivity contribution >= 4 is 5.97 Å². The number of nitrogens with one attached hydrogen (secondary N) is 1. The second-order valence-corrected chi connectivity index (χ2v) is 5.87. The van der Waals surface area contributed by atoms with Crippen molar-refractivity contribution in [3.63, 3.8) is 0 Å². The minimum absolute atomic E-state index is 0.523. The highest BCUT2D eigenvalue weighted by atomic mass is 16.4. The van der Waals surface area contributed by atoms with Gasteiger partial charge in [-0.1, -0.05) is 38.1 Å². The van der Waals surface area contributed by atoms with E-state index < -0.39 is 12.0 Å². The van der Waals surface area contributed by atoms with Gasteiger partial charge < -0.3 is 10.4 Å². The van der Waals surface area contributed by atoms with Crippen LogP contribution in [0.2, 0.25) is 0 Å². The molecule has 1 aromatic carbocycles. The van der Waals surface area contributed by atoms with E-state index in [2.05, 4.69) is 31.3 Å². The highest BCUT2D eigenvalue weighted by Crippen LogP contribution is 2.22. The summed E-state index contributed by atoms with van der Waals surface area (Å²) in [6.45, 7) is 7.66. The lowest BCUT2D eigenvalue weighted by molar-refractivity contribution is -0.143. The summed E-state index contributed by atoms with van der Waals surface area (Å²) in [5, 5.41) is 12.8. The minimum atomic E-state index is -0.761. The number of hydrogen-bond acceptors (Lipinski definition) is 3. The maximum absolute atomic E-state index is 11.6. The highest BCUT2D eigenvalue weighted by Gasteiger charge is 2.28. The molecule has 20 heavy (non-hydrogen) atoms. The molecule has 2 N–H and O–H groups in total. The number of nitrogens with zero attached hydrogens (tertiary/aromatic N) is 1. The zero-order valence-corrected chi connectivity index (χ0v) is 12.3. The van der Waals surface area contributed by atoms with E-state index in [0.717, 1.165) is 38.2 Å². The largest absolute Gasteiger partial charge is 0.480 e. The molecule has 0 amide bonds. The molecule has 0 saturated carbocycles. The summed E-state index contributed by atoms with van der Waals surface area (Å²) in [6.07, 6.45) is 1.03. The Morgan fingerprint density at radius 2 is 1.85 bits per heavy atom. The molecule has 1 heterocycles. The van der Waals surface area contributed by atoms with Gasteiger partial charge in [0.25, 0.3) is 0 Å². The van der Waals surface area contributed by atoms with Crippen LogP contribution in [0.4, 0.5) is 0 Å². The summed E-state index contributed by atoms with van der Waals surface area (Å²) >= 11 is 0. The minimum Gasteiger partial charge on any atom is -0.480 e. The van der Waals surface area contributed by atoms with Crippen LogP contribution in [0.5, 0.6) is 0 Å².